The van der Waals surface area contributed by atoms with Gasteiger partial charge in [-0.1, -0.05) is 23.4 Å². The fourth-order valence-electron chi connectivity index (χ4n) is 3.59. The van der Waals surface area contributed by atoms with E-state index in [2.05, 4.69) is 10.1 Å². The Kier molecular flexibility index (Phi) is 5.91. The number of sulfone groups is 1. The van der Waals surface area contributed by atoms with Crippen LogP contribution in [0.25, 0.3) is 0 Å². The number of hydrogen-bond acceptors (Lipinski definition) is 7. The normalized spacial score (nSPS) is 25.8. The first-order valence-corrected chi connectivity index (χ1v) is 12.8. The summed E-state index contributed by atoms with van der Waals surface area (Å²) >= 11 is 7.49. The zero-order valence-corrected chi connectivity index (χ0v) is 18.7. The third-order valence-corrected chi connectivity index (χ3v) is 8.32. The van der Waals surface area contributed by atoms with Gasteiger partial charge in [-0.25, -0.2) is 13.4 Å². The maximum atomic E-state index is 13.5. The summed E-state index contributed by atoms with van der Waals surface area (Å²) < 4.78 is 23.7. The lowest BCUT2D eigenvalue weighted by atomic mass is 10.1. The molecule has 0 unspecified atom stereocenters. The molecule has 2 amide bonds. The molecule has 0 radical (unpaired) electrons. The molecule has 1 aromatic rings. The minimum Gasteiger partial charge on any atom is -0.273 e. The summed E-state index contributed by atoms with van der Waals surface area (Å²) in [5, 5.41) is 6.65. The number of halogens is 1. The SMILES string of the molecule is C[C@H]1CSC(N(C(=O)C2=NN([C@H]3CCS(=O)(=O)C3)C(=O)CC2)c2ccc(Cl)cc2)=N1. The van der Waals surface area contributed by atoms with Crippen LogP contribution in [0.4, 0.5) is 5.69 Å². The number of thioether (sulfide) groups is 1. The first-order chi connectivity index (χ1) is 14.2. The minimum absolute atomic E-state index is 0.0302. The summed E-state index contributed by atoms with van der Waals surface area (Å²) in [6.07, 6.45) is 0.650. The van der Waals surface area contributed by atoms with Crippen molar-refractivity contribution < 1.29 is 18.0 Å². The molecule has 3 aliphatic heterocycles. The van der Waals surface area contributed by atoms with Crippen LogP contribution in [0, 0.1) is 0 Å². The van der Waals surface area contributed by atoms with Gasteiger partial charge in [0.1, 0.15) is 5.71 Å². The Labute approximate surface area is 184 Å². The van der Waals surface area contributed by atoms with E-state index >= 15 is 0 Å². The third-order valence-electron chi connectivity index (χ3n) is 5.12. The molecular weight excluding hydrogens is 448 g/mol. The summed E-state index contributed by atoms with van der Waals surface area (Å²) in [4.78, 5) is 32.0. The Morgan fingerprint density at radius 2 is 2.00 bits per heavy atom. The van der Waals surface area contributed by atoms with Gasteiger partial charge in [0.2, 0.25) is 5.91 Å². The predicted octanol–water partition coefficient (Wildman–Crippen LogP) is 2.33. The zero-order chi connectivity index (χ0) is 21.5. The fraction of sp³-hybridized carbons (Fsp3) is 0.474. The van der Waals surface area contributed by atoms with Crippen molar-refractivity contribution in [3.63, 3.8) is 0 Å². The average Bonchev–Trinajstić information content (AvgIpc) is 3.29. The summed E-state index contributed by atoms with van der Waals surface area (Å²) in [6, 6.07) is 6.44. The van der Waals surface area contributed by atoms with Crippen molar-refractivity contribution in [2.75, 3.05) is 22.2 Å². The summed E-state index contributed by atoms with van der Waals surface area (Å²) in [7, 11) is -3.18. The molecule has 1 aromatic carbocycles. The van der Waals surface area contributed by atoms with Crippen molar-refractivity contribution in [3.05, 3.63) is 29.3 Å². The number of anilines is 1. The topological polar surface area (TPSA) is 99.5 Å². The van der Waals surface area contributed by atoms with E-state index in [0.717, 1.165) is 5.75 Å². The Morgan fingerprint density at radius 1 is 1.27 bits per heavy atom. The molecule has 0 aromatic heterocycles. The second-order valence-corrected chi connectivity index (χ2v) is 11.2. The summed E-state index contributed by atoms with van der Waals surface area (Å²) in [5.74, 6) is 0.0561. The lowest BCUT2D eigenvalue weighted by Gasteiger charge is -2.29. The van der Waals surface area contributed by atoms with E-state index in [9.17, 15) is 18.0 Å². The van der Waals surface area contributed by atoms with Crippen molar-refractivity contribution in [2.45, 2.75) is 38.3 Å². The zero-order valence-electron chi connectivity index (χ0n) is 16.3. The number of rotatable bonds is 3. The second kappa shape index (κ2) is 8.32. The van der Waals surface area contributed by atoms with Crippen LogP contribution >= 0.6 is 23.4 Å². The highest BCUT2D eigenvalue weighted by Gasteiger charge is 2.39. The maximum absolute atomic E-state index is 13.5. The lowest BCUT2D eigenvalue weighted by Crippen LogP contribution is -2.46. The van der Waals surface area contributed by atoms with Gasteiger partial charge >= 0.3 is 0 Å². The molecule has 11 heteroatoms. The third kappa shape index (κ3) is 4.40. The molecule has 0 saturated carbocycles. The van der Waals surface area contributed by atoms with E-state index in [1.54, 1.807) is 24.3 Å². The van der Waals surface area contributed by atoms with Crippen molar-refractivity contribution in [1.82, 2.24) is 5.01 Å². The van der Waals surface area contributed by atoms with Crippen LogP contribution in [-0.4, -0.2) is 65.5 Å². The van der Waals surface area contributed by atoms with Gasteiger partial charge in [-0.2, -0.15) is 5.10 Å². The minimum atomic E-state index is -3.18. The Hall–Kier alpha value is -1.91. The average molecular weight is 469 g/mol. The number of amidine groups is 1. The molecule has 160 valence electrons. The van der Waals surface area contributed by atoms with Crippen LogP contribution in [0.3, 0.4) is 0 Å². The summed E-state index contributed by atoms with van der Waals surface area (Å²) in [5.41, 5.74) is 0.830. The molecule has 8 nitrogen and oxygen atoms in total. The highest BCUT2D eigenvalue weighted by atomic mass is 35.5. The van der Waals surface area contributed by atoms with Crippen LogP contribution in [-0.2, 0) is 19.4 Å². The van der Waals surface area contributed by atoms with Gasteiger partial charge in [0.25, 0.3) is 5.91 Å². The van der Waals surface area contributed by atoms with Crippen LogP contribution < -0.4 is 4.90 Å². The number of aliphatic imine (C=N–C) groups is 1. The molecule has 0 bridgehead atoms. The Balaban J connectivity index is 1.66. The summed E-state index contributed by atoms with van der Waals surface area (Å²) in [6.45, 7) is 1.98. The maximum Gasteiger partial charge on any atom is 0.280 e. The molecule has 0 spiro atoms. The Bertz CT molecular complexity index is 1040. The number of carbonyl (C=O) groups excluding carboxylic acids is 2. The van der Waals surface area contributed by atoms with Gasteiger partial charge in [0.15, 0.2) is 15.0 Å². The number of carbonyl (C=O) groups is 2. The Morgan fingerprint density at radius 3 is 2.60 bits per heavy atom. The van der Waals surface area contributed by atoms with E-state index in [1.165, 1.54) is 21.7 Å². The first-order valence-electron chi connectivity index (χ1n) is 9.64. The molecule has 4 rings (SSSR count). The largest absolute Gasteiger partial charge is 0.280 e. The predicted molar refractivity (Wildman–Crippen MR) is 119 cm³/mol. The lowest BCUT2D eigenvalue weighted by molar-refractivity contribution is -0.133. The van der Waals surface area contributed by atoms with E-state index in [4.69, 9.17) is 11.6 Å². The molecule has 0 aliphatic carbocycles. The quantitative estimate of drug-likeness (QED) is 0.677. The van der Waals surface area contributed by atoms with Crippen LogP contribution in [0.2, 0.25) is 5.02 Å². The van der Waals surface area contributed by atoms with Crippen molar-refractivity contribution in [1.29, 1.82) is 0 Å². The van der Waals surface area contributed by atoms with Crippen LogP contribution in [0.15, 0.2) is 34.4 Å². The molecule has 1 fully saturated rings. The molecular formula is C19H21ClN4O4S2. The van der Waals surface area contributed by atoms with Gasteiger partial charge in [-0.15, -0.1) is 0 Å². The number of nitrogens with zero attached hydrogens (tertiary/aromatic N) is 4. The van der Waals surface area contributed by atoms with Crippen LogP contribution in [0.1, 0.15) is 26.2 Å². The van der Waals surface area contributed by atoms with Gasteiger partial charge in [-0.05, 0) is 37.6 Å². The van der Waals surface area contributed by atoms with E-state index in [1.807, 2.05) is 6.92 Å². The molecule has 1 saturated heterocycles. The monoisotopic (exact) mass is 468 g/mol. The number of hydrogen-bond donors (Lipinski definition) is 0. The van der Waals surface area contributed by atoms with E-state index in [-0.39, 0.29) is 47.9 Å². The van der Waals surface area contributed by atoms with Gasteiger partial charge in [-0.3, -0.25) is 19.5 Å². The van der Waals surface area contributed by atoms with Crippen LogP contribution in [0.5, 0.6) is 0 Å². The molecule has 3 heterocycles. The van der Waals surface area contributed by atoms with E-state index in [0.29, 0.717) is 22.3 Å². The second-order valence-electron chi connectivity index (χ2n) is 7.53. The first kappa shape index (κ1) is 21.3. The molecule has 30 heavy (non-hydrogen) atoms. The molecule has 2 atom stereocenters. The van der Waals surface area contributed by atoms with Crippen molar-refractivity contribution in [2.24, 2.45) is 10.1 Å². The number of hydrazone groups is 1. The standard InChI is InChI=1S/C19H21ClN4O4S2/c1-12-10-29-19(21-12)23(14-4-2-13(20)3-5-14)18(26)16-6-7-17(25)24(22-16)15-8-9-30(27,28)11-15/h2-5,12,15H,6-11H2,1H3/t12-,15-/m0/s1. The highest BCUT2D eigenvalue weighted by molar-refractivity contribution is 8.14. The van der Waals surface area contributed by atoms with Crippen molar-refractivity contribution in [3.8, 4) is 0 Å². The fourth-order valence-corrected chi connectivity index (χ4v) is 6.45. The molecule has 0 N–H and O–H groups in total. The molecule has 3 aliphatic rings. The van der Waals surface area contributed by atoms with Gasteiger partial charge in [0, 0.05) is 23.6 Å². The number of benzene rings is 1. The van der Waals surface area contributed by atoms with Gasteiger partial charge in [0.05, 0.1) is 29.3 Å². The smallest absolute Gasteiger partial charge is 0.273 e. The highest BCUT2D eigenvalue weighted by Crippen LogP contribution is 2.29. The van der Waals surface area contributed by atoms with Gasteiger partial charge < -0.3 is 0 Å². The van der Waals surface area contributed by atoms with E-state index < -0.39 is 15.9 Å². The van der Waals surface area contributed by atoms with Crippen molar-refractivity contribution >= 4 is 61.6 Å². The number of amides is 2.